The average Bonchev–Trinajstić information content (AvgIpc) is 2.75. The van der Waals surface area contributed by atoms with Crippen LogP contribution in [-0.2, 0) is 16.4 Å². The number of benzene rings is 1. The molecule has 0 unspecified atom stereocenters. The van der Waals surface area contributed by atoms with Crippen LogP contribution in [0.15, 0.2) is 21.5 Å². The maximum absolute atomic E-state index is 12.1. The number of hydrogen-bond donors (Lipinski definition) is 1. The van der Waals surface area contributed by atoms with Crippen LogP contribution in [0.25, 0.3) is 0 Å². The van der Waals surface area contributed by atoms with E-state index in [0.29, 0.717) is 23.2 Å². The lowest BCUT2D eigenvalue weighted by molar-refractivity contribution is 0.348. The van der Waals surface area contributed by atoms with Crippen molar-refractivity contribution in [3.05, 3.63) is 22.2 Å². The van der Waals surface area contributed by atoms with Gasteiger partial charge in [-0.1, -0.05) is 15.9 Å². The second-order valence-corrected chi connectivity index (χ2v) is 6.58. The highest BCUT2D eigenvalue weighted by molar-refractivity contribution is 9.10. The smallest absolute Gasteiger partial charge is 0.244 e. The molecule has 100 valence electrons. The molecule has 1 aliphatic rings. The second-order valence-electron chi connectivity index (χ2n) is 3.93. The predicted octanol–water partition coefficient (Wildman–Crippen LogP) is 2.02. The molecule has 2 rings (SSSR count). The second kappa shape index (κ2) is 5.54. The summed E-state index contributed by atoms with van der Waals surface area (Å²) in [6.07, 6.45) is 0.859. The summed E-state index contributed by atoms with van der Waals surface area (Å²) in [5, 5.41) is 0. The SMILES string of the molecule is O=S(=O)(NCCCF)c1cc(Br)cc2c1OCC2. The van der Waals surface area contributed by atoms with Crippen LogP contribution in [0.2, 0.25) is 0 Å². The molecule has 4 nitrogen and oxygen atoms in total. The fraction of sp³-hybridized carbons (Fsp3) is 0.455. The Kier molecular flexibility index (Phi) is 4.24. The molecule has 1 aliphatic heterocycles. The highest BCUT2D eigenvalue weighted by Crippen LogP contribution is 2.35. The molecule has 18 heavy (non-hydrogen) atoms. The minimum atomic E-state index is -3.65. The monoisotopic (exact) mass is 337 g/mol. The molecule has 1 N–H and O–H groups in total. The Morgan fingerprint density at radius 1 is 1.44 bits per heavy atom. The lowest BCUT2D eigenvalue weighted by atomic mass is 10.2. The highest BCUT2D eigenvalue weighted by Gasteiger charge is 2.25. The quantitative estimate of drug-likeness (QED) is 0.836. The number of rotatable bonds is 5. The van der Waals surface area contributed by atoms with E-state index in [4.69, 9.17) is 4.74 Å². The van der Waals surface area contributed by atoms with E-state index in [1.54, 1.807) is 0 Å². The van der Waals surface area contributed by atoms with Crippen molar-refractivity contribution in [1.29, 1.82) is 0 Å². The van der Waals surface area contributed by atoms with Crippen LogP contribution >= 0.6 is 15.9 Å². The van der Waals surface area contributed by atoms with Gasteiger partial charge < -0.3 is 4.74 Å². The topological polar surface area (TPSA) is 55.4 Å². The molecule has 1 aromatic carbocycles. The normalized spacial score (nSPS) is 14.3. The molecular weight excluding hydrogens is 325 g/mol. The van der Waals surface area contributed by atoms with E-state index in [9.17, 15) is 12.8 Å². The number of sulfonamides is 1. The van der Waals surface area contributed by atoms with E-state index >= 15 is 0 Å². The summed E-state index contributed by atoms with van der Waals surface area (Å²) in [5.74, 6) is 0.408. The molecule has 0 amide bonds. The van der Waals surface area contributed by atoms with Crippen LogP contribution in [0, 0.1) is 0 Å². The van der Waals surface area contributed by atoms with Crippen LogP contribution in [0.5, 0.6) is 5.75 Å². The Labute approximate surface area is 114 Å². The molecule has 0 radical (unpaired) electrons. The van der Waals surface area contributed by atoms with Gasteiger partial charge in [0, 0.05) is 23.0 Å². The first kappa shape index (κ1) is 13.8. The molecule has 0 aliphatic carbocycles. The van der Waals surface area contributed by atoms with Crippen molar-refractivity contribution in [2.75, 3.05) is 19.8 Å². The number of hydrogen-bond acceptors (Lipinski definition) is 3. The van der Waals surface area contributed by atoms with Crippen LogP contribution in [0.3, 0.4) is 0 Å². The summed E-state index contributed by atoms with van der Waals surface area (Å²) in [7, 11) is -3.65. The van der Waals surface area contributed by atoms with Crippen molar-refractivity contribution in [1.82, 2.24) is 4.72 Å². The largest absolute Gasteiger partial charge is 0.492 e. The number of halogens is 2. The third-order valence-electron chi connectivity index (χ3n) is 2.61. The number of ether oxygens (including phenoxy) is 1. The molecule has 1 aromatic rings. The van der Waals surface area contributed by atoms with Crippen LogP contribution in [0.1, 0.15) is 12.0 Å². The van der Waals surface area contributed by atoms with E-state index in [-0.39, 0.29) is 17.9 Å². The maximum Gasteiger partial charge on any atom is 0.244 e. The molecule has 0 fully saturated rings. The van der Waals surface area contributed by atoms with Gasteiger partial charge in [-0.3, -0.25) is 4.39 Å². The van der Waals surface area contributed by atoms with Gasteiger partial charge in [-0.05, 0) is 18.6 Å². The van der Waals surface area contributed by atoms with Crippen molar-refractivity contribution in [2.24, 2.45) is 0 Å². The lowest BCUT2D eigenvalue weighted by Gasteiger charge is -2.10. The van der Waals surface area contributed by atoms with Crippen molar-refractivity contribution < 1.29 is 17.5 Å². The Morgan fingerprint density at radius 3 is 2.94 bits per heavy atom. The molecule has 7 heteroatoms. The third kappa shape index (κ3) is 2.84. The maximum atomic E-state index is 12.1. The van der Waals surface area contributed by atoms with Crippen molar-refractivity contribution in [2.45, 2.75) is 17.7 Å². The molecule has 0 atom stereocenters. The van der Waals surface area contributed by atoms with Gasteiger partial charge in [0.2, 0.25) is 10.0 Å². The van der Waals surface area contributed by atoms with E-state index in [1.807, 2.05) is 6.07 Å². The van der Waals surface area contributed by atoms with Gasteiger partial charge >= 0.3 is 0 Å². The van der Waals surface area contributed by atoms with Crippen molar-refractivity contribution in [3.8, 4) is 5.75 Å². The molecule has 0 spiro atoms. The first-order valence-corrected chi connectivity index (χ1v) is 7.83. The predicted molar refractivity (Wildman–Crippen MR) is 69.1 cm³/mol. The molecule has 0 bridgehead atoms. The summed E-state index contributed by atoms with van der Waals surface area (Å²) in [4.78, 5) is 0.114. The number of alkyl halides is 1. The Hall–Kier alpha value is -0.660. The fourth-order valence-corrected chi connectivity index (χ4v) is 3.73. The van der Waals surface area contributed by atoms with E-state index in [1.165, 1.54) is 6.07 Å². The summed E-state index contributed by atoms with van der Waals surface area (Å²) in [6.45, 7) is 0.0223. The van der Waals surface area contributed by atoms with Gasteiger partial charge in [-0.25, -0.2) is 13.1 Å². The lowest BCUT2D eigenvalue weighted by Crippen LogP contribution is -2.25. The summed E-state index contributed by atoms with van der Waals surface area (Å²) >= 11 is 3.28. The molecular formula is C11H13BrFNO3S. The van der Waals surface area contributed by atoms with Gasteiger partial charge in [-0.15, -0.1) is 0 Å². The first-order valence-electron chi connectivity index (χ1n) is 5.55. The summed E-state index contributed by atoms with van der Waals surface area (Å²) < 4.78 is 44.6. The zero-order chi connectivity index (χ0) is 13.2. The van der Waals surface area contributed by atoms with Gasteiger partial charge in [-0.2, -0.15) is 0 Å². The Balaban J connectivity index is 2.33. The molecule has 1 heterocycles. The average molecular weight is 338 g/mol. The zero-order valence-corrected chi connectivity index (χ0v) is 12.0. The van der Waals surface area contributed by atoms with Crippen LogP contribution < -0.4 is 9.46 Å². The van der Waals surface area contributed by atoms with Gasteiger partial charge in [0.05, 0.1) is 13.3 Å². The number of nitrogens with one attached hydrogen (secondary N) is 1. The zero-order valence-electron chi connectivity index (χ0n) is 9.58. The van der Waals surface area contributed by atoms with Gasteiger partial charge in [0.1, 0.15) is 10.6 Å². The highest BCUT2D eigenvalue weighted by atomic mass is 79.9. The fourth-order valence-electron chi connectivity index (χ4n) is 1.79. The van der Waals surface area contributed by atoms with E-state index < -0.39 is 16.7 Å². The van der Waals surface area contributed by atoms with Crippen LogP contribution in [0.4, 0.5) is 4.39 Å². The van der Waals surface area contributed by atoms with Gasteiger partial charge in [0.25, 0.3) is 0 Å². The van der Waals surface area contributed by atoms with Gasteiger partial charge in [0.15, 0.2) is 0 Å². The minimum Gasteiger partial charge on any atom is -0.492 e. The van der Waals surface area contributed by atoms with Crippen molar-refractivity contribution in [3.63, 3.8) is 0 Å². The van der Waals surface area contributed by atoms with E-state index in [2.05, 4.69) is 20.7 Å². The number of fused-ring (bicyclic) bond motifs is 1. The summed E-state index contributed by atoms with van der Waals surface area (Å²) in [5.41, 5.74) is 0.871. The van der Waals surface area contributed by atoms with E-state index in [0.717, 1.165) is 5.56 Å². The first-order chi connectivity index (χ1) is 8.54. The molecule has 0 aromatic heterocycles. The standard InChI is InChI=1S/C11H13BrFNO3S/c12-9-6-8-2-5-17-11(8)10(7-9)18(15,16)14-4-1-3-13/h6-7,14H,1-5H2. The van der Waals surface area contributed by atoms with Crippen molar-refractivity contribution >= 4 is 26.0 Å². The Morgan fingerprint density at radius 2 is 2.22 bits per heavy atom. The molecule has 0 saturated carbocycles. The van der Waals surface area contributed by atoms with Crippen LogP contribution in [-0.4, -0.2) is 28.2 Å². The third-order valence-corrected chi connectivity index (χ3v) is 4.53. The Bertz CT molecular complexity index is 547. The minimum absolute atomic E-state index is 0.0835. The summed E-state index contributed by atoms with van der Waals surface area (Å²) in [6, 6.07) is 3.35. The molecule has 0 saturated heterocycles.